The molecule has 0 unspecified atom stereocenters. The second-order valence-corrected chi connectivity index (χ2v) is 4.79. The topological polar surface area (TPSA) is 20.3 Å². The molecule has 0 spiro atoms. The lowest BCUT2D eigenvalue weighted by Crippen LogP contribution is -2.17. The van der Waals surface area contributed by atoms with Crippen molar-refractivity contribution in [2.45, 2.75) is 13.1 Å². The summed E-state index contributed by atoms with van der Waals surface area (Å²) in [5.41, 5.74) is 0.861. The van der Waals surface area contributed by atoms with E-state index in [1.165, 1.54) is 17.0 Å². The number of benzene rings is 2. The number of carbonyl (C=O) groups is 1. The molecule has 0 bridgehead atoms. The molecule has 0 aliphatic carbocycles. The van der Waals surface area contributed by atoms with Crippen LogP contribution in [0.2, 0.25) is 0 Å². The van der Waals surface area contributed by atoms with E-state index in [0.717, 1.165) is 11.6 Å². The zero-order valence-electron chi connectivity index (χ0n) is 11.6. The van der Waals surface area contributed by atoms with E-state index in [2.05, 4.69) is 0 Å². The van der Waals surface area contributed by atoms with Crippen LogP contribution in [0.1, 0.15) is 21.5 Å². The quantitative estimate of drug-likeness (QED) is 0.771. The lowest BCUT2D eigenvalue weighted by molar-refractivity contribution is -0.137. The molecule has 21 heavy (non-hydrogen) atoms. The maximum atomic E-state index is 13.2. The highest BCUT2D eigenvalue weighted by atomic mass is 19.4. The Hall–Kier alpha value is -2.30. The summed E-state index contributed by atoms with van der Waals surface area (Å²) in [6.45, 7) is 1.91. The van der Waals surface area contributed by atoms with Gasteiger partial charge in [-0.2, -0.15) is 13.2 Å². The van der Waals surface area contributed by atoms with Crippen LogP contribution in [0.3, 0.4) is 0 Å². The maximum Gasteiger partial charge on any atom is 0.418 e. The number of hydrogen-bond acceptors (Lipinski definition) is 2. The van der Waals surface area contributed by atoms with Crippen molar-refractivity contribution >= 4 is 17.7 Å². The lowest BCUT2D eigenvalue weighted by Gasteiger charge is -2.24. The van der Waals surface area contributed by atoms with Crippen LogP contribution in [0.4, 0.5) is 24.5 Å². The van der Waals surface area contributed by atoms with E-state index in [-0.39, 0.29) is 11.3 Å². The second kappa shape index (κ2) is 5.60. The van der Waals surface area contributed by atoms with Crippen LogP contribution in [-0.4, -0.2) is 13.3 Å². The van der Waals surface area contributed by atoms with Crippen LogP contribution in [-0.2, 0) is 6.18 Å². The molecule has 0 aromatic heterocycles. The number of halogens is 3. The minimum Gasteiger partial charge on any atom is -0.344 e. The molecule has 5 heteroatoms. The second-order valence-electron chi connectivity index (χ2n) is 4.79. The van der Waals surface area contributed by atoms with E-state index >= 15 is 0 Å². The Morgan fingerprint density at radius 2 is 1.67 bits per heavy atom. The molecule has 2 rings (SSSR count). The van der Waals surface area contributed by atoms with Gasteiger partial charge in [0.05, 0.1) is 11.3 Å². The van der Waals surface area contributed by atoms with Gasteiger partial charge in [0.25, 0.3) is 0 Å². The minimum absolute atomic E-state index is 0.00313. The van der Waals surface area contributed by atoms with E-state index in [1.807, 2.05) is 19.1 Å². The number of anilines is 2. The van der Waals surface area contributed by atoms with Gasteiger partial charge < -0.3 is 4.90 Å². The number of aldehydes is 1. The molecule has 0 heterocycles. The van der Waals surface area contributed by atoms with Crippen LogP contribution in [0.15, 0.2) is 42.5 Å². The van der Waals surface area contributed by atoms with Crippen molar-refractivity contribution in [2.24, 2.45) is 0 Å². The predicted molar refractivity (Wildman–Crippen MR) is 76.1 cm³/mol. The first-order chi connectivity index (χ1) is 9.82. The van der Waals surface area contributed by atoms with Crippen molar-refractivity contribution in [3.63, 3.8) is 0 Å². The van der Waals surface area contributed by atoms with Gasteiger partial charge in [0.2, 0.25) is 0 Å². The first-order valence-electron chi connectivity index (χ1n) is 6.30. The molecule has 0 amide bonds. The van der Waals surface area contributed by atoms with E-state index in [1.54, 1.807) is 19.2 Å². The maximum absolute atomic E-state index is 13.2. The predicted octanol–water partition coefficient (Wildman–Crippen LogP) is 4.59. The molecular weight excluding hydrogens is 279 g/mol. The van der Waals surface area contributed by atoms with Gasteiger partial charge in [-0.25, -0.2) is 0 Å². The Kier molecular flexibility index (Phi) is 4.02. The summed E-state index contributed by atoms with van der Waals surface area (Å²) in [5.74, 6) is 0. The Morgan fingerprint density at radius 1 is 1.05 bits per heavy atom. The smallest absolute Gasteiger partial charge is 0.344 e. The molecule has 2 aromatic carbocycles. The standard InChI is InChI=1S/C16H14F3NO/c1-11-3-6-13(7-4-11)20(2)15-8-5-12(10-21)9-14(15)16(17,18)19/h3-10H,1-2H3. The molecule has 0 radical (unpaired) electrons. The van der Waals surface area contributed by atoms with Crippen molar-refractivity contribution in [1.29, 1.82) is 0 Å². The van der Waals surface area contributed by atoms with Crippen LogP contribution in [0.25, 0.3) is 0 Å². The van der Waals surface area contributed by atoms with Gasteiger partial charge in [-0.1, -0.05) is 17.7 Å². The number of hydrogen-bond donors (Lipinski definition) is 0. The summed E-state index contributed by atoms with van der Waals surface area (Å²) < 4.78 is 39.5. The summed E-state index contributed by atoms with van der Waals surface area (Å²) in [4.78, 5) is 12.1. The summed E-state index contributed by atoms with van der Waals surface area (Å²) in [5, 5.41) is 0. The van der Waals surface area contributed by atoms with Crippen molar-refractivity contribution in [3.8, 4) is 0 Å². The summed E-state index contributed by atoms with van der Waals surface area (Å²) in [6.07, 6.45) is -4.11. The fraction of sp³-hybridized carbons (Fsp3) is 0.188. The number of carbonyl (C=O) groups excluding carboxylic acids is 1. The third-order valence-electron chi connectivity index (χ3n) is 3.24. The Bertz CT molecular complexity index is 648. The molecule has 0 fully saturated rings. The van der Waals surface area contributed by atoms with Gasteiger partial charge in [0.1, 0.15) is 6.29 Å². The molecule has 0 saturated heterocycles. The summed E-state index contributed by atoms with van der Waals surface area (Å²) in [6, 6.07) is 10.7. The Labute approximate surface area is 120 Å². The Balaban J connectivity index is 2.52. The minimum atomic E-state index is -4.52. The third-order valence-corrected chi connectivity index (χ3v) is 3.24. The third kappa shape index (κ3) is 3.24. The molecule has 110 valence electrons. The van der Waals surface area contributed by atoms with Crippen LogP contribution >= 0.6 is 0 Å². The Morgan fingerprint density at radius 3 is 2.19 bits per heavy atom. The highest BCUT2D eigenvalue weighted by Gasteiger charge is 2.34. The number of aryl methyl sites for hydroxylation is 1. The van der Waals surface area contributed by atoms with E-state index in [4.69, 9.17) is 0 Å². The average molecular weight is 293 g/mol. The van der Waals surface area contributed by atoms with Crippen molar-refractivity contribution in [1.82, 2.24) is 0 Å². The van der Waals surface area contributed by atoms with Gasteiger partial charge in [0.15, 0.2) is 0 Å². The molecule has 0 N–H and O–H groups in total. The molecule has 2 nitrogen and oxygen atoms in total. The van der Waals surface area contributed by atoms with E-state index in [0.29, 0.717) is 12.0 Å². The zero-order valence-corrected chi connectivity index (χ0v) is 11.6. The average Bonchev–Trinajstić information content (AvgIpc) is 2.46. The van der Waals surface area contributed by atoms with Crippen LogP contribution < -0.4 is 4.90 Å². The molecule has 0 saturated carbocycles. The van der Waals surface area contributed by atoms with Gasteiger partial charge >= 0.3 is 6.18 Å². The van der Waals surface area contributed by atoms with Crippen molar-refractivity contribution < 1.29 is 18.0 Å². The van der Waals surface area contributed by atoms with Gasteiger partial charge in [0, 0.05) is 18.3 Å². The number of rotatable bonds is 3. The lowest BCUT2D eigenvalue weighted by atomic mass is 10.1. The zero-order chi connectivity index (χ0) is 15.6. The molecule has 0 aliphatic heterocycles. The summed E-state index contributed by atoms with van der Waals surface area (Å²) >= 11 is 0. The first-order valence-corrected chi connectivity index (χ1v) is 6.30. The fourth-order valence-electron chi connectivity index (χ4n) is 2.05. The molecular formula is C16H14F3NO. The van der Waals surface area contributed by atoms with Crippen molar-refractivity contribution in [3.05, 3.63) is 59.2 Å². The van der Waals surface area contributed by atoms with Gasteiger partial charge in [-0.15, -0.1) is 0 Å². The SMILES string of the molecule is Cc1ccc(N(C)c2ccc(C=O)cc2C(F)(F)F)cc1. The van der Waals surface area contributed by atoms with E-state index < -0.39 is 11.7 Å². The summed E-state index contributed by atoms with van der Waals surface area (Å²) in [7, 11) is 1.57. The van der Waals surface area contributed by atoms with E-state index in [9.17, 15) is 18.0 Å². The highest BCUT2D eigenvalue weighted by molar-refractivity contribution is 5.78. The highest BCUT2D eigenvalue weighted by Crippen LogP contribution is 2.38. The number of nitrogens with zero attached hydrogens (tertiary/aromatic N) is 1. The van der Waals surface area contributed by atoms with Crippen molar-refractivity contribution in [2.75, 3.05) is 11.9 Å². The van der Waals surface area contributed by atoms with Gasteiger partial charge in [-0.05, 0) is 37.3 Å². The van der Waals surface area contributed by atoms with Crippen LogP contribution in [0, 0.1) is 6.92 Å². The monoisotopic (exact) mass is 293 g/mol. The molecule has 2 aromatic rings. The van der Waals surface area contributed by atoms with Gasteiger partial charge in [-0.3, -0.25) is 4.79 Å². The number of alkyl halides is 3. The fourth-order valence-corrected chi connectivity index (χ4v) is 2.05. The van der Waals surface area contributed by atoms with Crippen LogP contribution in [0.5, 0.6) is 0 Å². The molecule has 0 aliphatic rings. The normalized spacial score (nSPS) is 11.3. The first kappa shape index (κ1) is 15.1. The molecule has 0 atom stereocenters. The largest absolute Gasteiger partial charge is 0.418 e.